The summed E-state index contributed by atoms with van der Waals surface area (Å²) in [7, 11) is 4.04. The zero-order valence-corrected chi connectivity index (χ0v) is 12.9. The van der Waals surface area contributed by atoms with Crippen LogP contribution in [0.15, 0.2) is 35.7 Å². The van der Waals surface area contributed by atoms with E-state index < -0.39 is 0 Å². The number of likely N-dealkylation sites (N-methyl/N-ethyl adjacent to an activating group) is 1. The van der Waals surface area contributed by atoms with Gasteiger partial charge in [-0.1, -0.05) is 23.7 Å². The minimum Gasteiger partial charge on any atom is -0.374 e. The second-order valence-corrected chi connectivity index (χ2v) is 6.00. The monoisotopic (exact) mass is 294 g/mol. The molecule has 0 bridgehead atoms. The second kappa shape index (κ2) is 6.94. The van der Waals surface area contributed by atoms with Crippen molar-refractivity contribution in [3.8, 4) is 0 Å². The first kappa shape index (κ1) is 14.4. The van der Waals surface area contributed by atoms with E-state index in [0.29, 0.717) is 0 Å². The fraction of sp³-hybridized carbons (Fsp3) is 0.333. The number of hydrogen-bond acceptors (Lipinski definition) is 3. The van der Waals surface area contributed by atoms with Crippen LogP contribution in [0.5, 0.6) is 0 Å². The number of rotatable bonds is 6. The third kappa shape index (κ3) is 3.96. The van der Waals surface area contributed by atoms with Gasteiger partial charge in [0.05, 0.1) is 0 Å². The standard InChI is InChI=1S/C15H19ClN2S/c1-17-11-12-5-6-13(10-15(12)16)18(2)8-7-14-4-3-9-19-14/h3-6,9-10,17H,7-8,11H2,1-2H3. The average molecular weight is 295 g/mol. The summed E-state index contributed by atoms with van der Waals surface area (Å²) in [4.78, 5) is 3.67. The summed E-state index contributed by atoms with van der Waals surface area (Å²) in [6.45, 7) is 1.81. The largest absolute Gasteiger partial charge is 0.374 e. The fourth-order valence-electron chi connectivity index (χ4n) is 1.97. The molecule has 102 valence electrons. The first-order valence-electron chi connectivity index (χ1n) is 6.37. The molecule has 0 aliphatic heterocycles. The molecular formula is C15H19ClN2S. The highest BCUT2D eigenvalue weighted by Gasteiger charge is 2.05. The van der Waals surface area contributed by atoms with E-state index in [9.17, 15) is 0 Å². The molecule has 1 heterocycles. The second-order valence-electron chi connectivity index (χ2n) is 4.56. The maximum Gasteiger partial charge on any atom is 0.0471 e. The van der Waals surface area contributed by atoms with Crippen LogP contribution in [0, 0.1) is 0 Å². The Bertz CT molecular complexity index is 511. The Morgan fingerprint density at radius 3 is 2.79 bits per heavy atom. The van der Waals surface area contributed by atoms with Gasteiger partial charge in [0.25, 0.3) is 0 Å². The van der Waals surface area contributed by atoms with Gasteiger partial charge < -0.3 is 10.2 Å². The molecule has 1 N–H and O–H groups in total. The van der Waals surface area contributed by atoms with E-state index in [-0.39, 0.29) is 0 Å². The van der Waals surface area contributed by atoms with Crippen LogP contribution >= 0.6 is 22.9 Å². The van der Waals surface area contributed by atoms with Crippen LogP contribution in [0.2, 0.25) is 5.02 Å². The normalized spacial score (nSPS) is 10.7. The molecular weight excluding hydrogens is 276 g/mol. The molecule has 0 unspecified atom stereocenters. The average Bonchev–Trinajstić information content (AvgIpc) is 2.91. The first-order chi connectivity index (χ1) is 9.20. The summed E-state index contributed by atoms with van der Waals surface area (Å²) in [5.74, 6) is 0. The molecule has 0 aliphatic carbocycles. The van der Waals surface area contributed by atoms with Crippen molar-refractivity contribution in [1.82, 2.24) is 5.32 Å². The number of halogens is 1. The van der Waals surface area contributed by atoms with E-state index in [1.54, 1.807) is 0 Å². The lowest BCUT2D eigenvalue weighted by molar-refractivity contribution is 0.817. The van der Waals surface area contributed by atoms with Crippen molar-refractivity contribution >= 4 is 28.6 Å². The van der Waals surface area contributed by atoms with E-state index >= 15 is 0 Å². The lowest BCUT2D eigenvalue weighted by Gasteiger charge is -2.20. The SMILES string of the molecule is CNCc1ccc(N(C)CCc2cccs2)cc1Cl. The molecule has 0 atom stereocenters. The van der Waals surface area contributed by atoms with Crippen LogP contribution in [0.3, 0.4) is 0 Å². The minimum absolute atomic E-state index is 0.804. The lowest BCUT2D eigenvalue weighted by Crippen LogP contribution is -2.20. The Morgan fingerprint density at radius 2 is 2.16 bits per heavy atom. The van der Waals surface area contributed by atoms with Crippen LogP contribution in [-0.4, -0.2) is 20.6 Å². The zero-order chi connectivity index (χ0) is 13.7. The third-order valence-electron chi connectivity index (χ3n) is 3.12. The molecule has 4 heteroatoms. The molecule has 1 aromatic heterocycles. The minimum atomic E-state index is 0.804. The summed E-state index contributed by atoms with van der Waals surface area (Å²) in [6, 6.07) is 10.6. The molecule has 0 radical (unpaired) electrons. The van der Waals surface area contributed by atoms with Gasteiger partial charge in [0.2, 0.25) is 0 Å². The van der Waals surface area contributed by atoms with Crippen LogP contribution in [0.25, 0.3) is 0 Å². The first-order valence-corrected chi connectivity index (χ1v) is 7.63. The Hall–Kier alpha value is -1.03. The highest BCUT2D eigenvalue weighted by Crippen LogP contribution is 2.23. The van der Waals surface area contributed by atoms with Gasteiger partial charge in [-0.3, -0.25) is 0 Å². The van der Waals surface area contributed by atoms with Gasteiger partial charge in [-0.05, 0) is 42.6 Å². The molecule has 0 amide bonds. The lowest BCUT2D eigenvalue weighted by atomic mass is 10.2. The Morgan fingerprint density at radius 1 is 1.32 bits per heavy atom. The van der Waals surface area contributed by atoms with Gasteiger partial charge in [-0.2, -0.15) is 0 Å². The van der Waals surface area contributed by atoms with Crippen LogP contribution in [0.4, 0.5) is 5.69 Å². The Labute approximate surface area is 124 Å². The number of anilines is 1. The van der Waals surface area contributed by atoms with E-state index in [0.717, 1.165) is 30.1 Å². The third-order valence-corrected chi connectivity index (χ3v) is 4.41. The predicted octanol–water partition coefficient (Wildman–Crippen LogP) is 3.80. The van der Waals surface area contributed by atoms with Crippen molar-refractivity contribution in [2.45, 2.75) is 13.0 Å². The zero-order valence-electron chi connectivity index (χ0n) is 11.3. The summed E-state index contributed by atoms with van der Waals surface area (Å²) >= 11 is 8.10. The predicted molar refractivity (Wildman–Crippen MR) is 85.5 cm³/mol. The number of hydrogen-bond donors (Lipinski definition) is 1. The smallest absolute Gasteiger partial charge is 0.0471 e. The summed E-state index contributed by atoms with van der Waals surface area (Å²) in [6.07, 6.45) is 1.07. The Kier molecular flexibility index (Phi) is 5.25. The quantitative estimate of drug-likeness (QED) is 0.872. The Balaban J connectivity index is 1.98. The van der Waals surface area contributed by atoms with Crippen molar-refractivity contribution in [2.75, 3.05) is 25.5 Å². The maximum absolute atomic E-state index is 6.29. The van der Waals surface area contributed by atoms with Gasteiger partial charge >= 0.3 is 0 Å². The van der Waals surface area contributed by atoms with Crippen molar-refractivity contribution in [2.24, 2.45) is 0 Å². The van der Waals surface area contributed by atoms with Crippen LogP contribution in [-0.2, 0) is 13.0 Å². The van der Waals surface area contributed by atoms with E-state index in [4.69, 9.17) is 11.6 Å². The van der Waals surface area contributed by atoms with Crippen LogP contribution in [0.1, 0.15) is 10.4 Å². The number of thiophene rings is 1. The molecule has 1 aromatic carbocycles. The van der Waals surface area contributed by atoms with E-state index in [1.165, 1.54) is 10.6 Å². The van der Waals surface area contributed by atoms with Gasteiger partial charge in [-0.15, -0.1) is 11.3 Å². The summed E-state index contributed by atoms with van der Waals surface area (Å²) in [5, 5.41) is 6.07. The van der Waals surface area contributed by atoms with E-state index in [2.05, 4.69) is 46.9 Å². The van der Waals surface area contributed by atoms with Crippen molar-refractivity contribution < 1.29 is 0 Å². The topological polar surface area (TPSA) is 15.3 Å². The molecule has 0 aliphatic rings. The van der Waals surface area contributed by atoms with Gasteiger partial charge in [0.1, 0.15) is 0 Å². The summed E-state index contributed by atoms with van der Waals surface area (Å²) in [5.41, 5.74) is 2.31. The highest BCUT2D eigenvalue weighted by molar-refractivity contribution is 7.09. The molecule has 0 saturated carbocycles. The molecule has 0 spiro atoms. The summed E-state index contributed by atoms with van der Waals surface area (Å²) < 4.78 is 0. The van der Waals surface area contributed by atoms with E-state index in [1.807, 2.05) is 24.5 Å². The molecule has 0 fully saturated rings. The molecule has 2 rings (SSSR count). The number of benzene rings is 1. The van der Waals surface area contributed by atoms with Gasteiger partial charge in [0.15, 0.2) is 0 Å². The maximum atomic E-state index is 6.29. The number of nitrogens with one attached hydrogen (secondary N) is 1. The fourth-order valence-corrected chi connectivity index (χ4v) is 2.91. The molecule has 0 saturated heterocycles. The van der Waals surface area contributed by atoms with Crippen molar-refractivity contribution in [3.63, 3.8) is 0 Å². The molecule has 2 nitrogen and oxygen atoms in total. The van der Waals surface area contributed by atoms with Crippen molar-refractivity contribution in [1.29, 1.82) is 0 Å². The van der Waals surface area contributed by atoms with Crippen LogP contribution < -0.4 is 10.2 Å². The van der Waals surface area contributed by atoms with Crippen molar-refractivity contribution in [3.05, 3.63) is 51.2 Å². The van der Waals surface area contributed by atoms with Gasteiger partial charge in [-0.25, -0.2) is 0 Å². The number of nitrogens with zero attached hydrogens (tertiary/aromatic N) is 1. The molecule has 2 aromatic rings. The van der Waals surface area contributed by atoms with Gasteiger partial charge in [0, 0.05) is 35.7 Å². The molecule has 19 heavy (non-hydrogen) atoms. The highest BCUT2D eigenvalue weighted by atomic mass is 35.5.